The molecule has 3 nitrogen and oxygen atoms in total. The van der Waals surface area contributed by atoms with Crippen LogP contribution in [0.4, 0.5) is 0 Å². The molecule has 1 aliphatic rings. The van der Waals surface area contributed by atoms with E-state index >= 15 is 0 Å². The summed E-state index contributed by atoms with van der Waals surface area (Å²) in [6.45, 7) is 4.41. The van der Waals surface area contributed by atoms with Crippen molar-refractivity contribution in [3.63, 3.8) is 0 Å². The Hall–Kier alpha value is -0.900. The number of hydrogen-bond acceptors (Lipinski definition) is 3. The van der Waals surface area contributed by atoms with E-state index in [1.807, 2.05) is 6.07 Å². The summed E-state index contributed by atoms with van der Waals surface area (Å²) in [6, 6.07) is 4.07. The fourth-order valence-electron chi connectivity index (χ4n) is 2.90. The van der Waals surface area contributed by atoms with Gasteiger partial charge in [0.15, 0.2) is 0 Å². The Morgan fingerprint density at radius 1 is 1.38 bits per heavy atom. The molecule has 0 amide bonds. The van der Waals surface area contributed by atoms with E-state index in [4.69, 9.17) is 11.6 Å². The van der Waals surface area contributed by atoms with Crippen molar-refractivity contribution < 1.29 is 5.11 Å². The van der Waals surface area contributed by atoms with Gasteiger partial charge in [0, 0.05) is 23.8 Å². The molecule has 1 heterocycles. The number of aliphatic hydroxyl groups is 1. The molecule has 0 fully saturated rings. The lowest BCUT2D eigenvalue weighted by atomic mass is 9.88. The lowest BCUT2D eigenvalue weighted by molar-refractivity contribution is 0.109. The highest BCUT2D eigenvalue weighted by Gasteiger charge is 2.26. The van der Waals surface area contributed by atoms with Crippen molar-refractivity contribution in [2.24, 2.45) is 5.92 Å². The molecule has 1 unspecified atom stereocenters. The minimum Gasteiger partial charge on any atom is -0.387 e. The van der Waals surface area contributed by atoms with Crippen LogP contribution in [0.25, 0.3) is 0 Å². The first kappa shape index (κ1) is 16.5. The van der Waals surface area contributed by atoms with Crippen LogP contribution in [-0.4, -0.2) is 22.2 Å². The number of pyridine rings is 1. The predicted molar refractivity (Wildman–Crippen MR) is 87.4 cm³/mol. The van der Waals surface area contributed by atoms with Crippen LogP contribution in [0.2, 0.25) is 5.15 Å². The highest BCUT2D eigenvalue weighted by molar-refractivity contribution is 6.29. The van der Waals surface area contributed by atoms with Crippen molar-refractivity contribution in [3.05, 3.63) is 41.2 Å². The largest absolute Gasteiger partial charge is 0.387 e. The smallest absolute Gasteiger partial charge is 0.129 e. The SMILES string of the molecule is CCC[C@@H](N[C@@H]1CC=CCC1C)[C@H](O)c1ccc(Cl)nc1. The van der Waals surface area contributed by atoms with Gasteiger partial charge in [0.1, 0.15) is 5.15 Å². The zero-order chi connectivity index (χ0) is 15.2. The molecule has 1 aliphatic carbocycles. The minimum absolute atomic E-state index is 0.0527. The molecule has 0 bridgehead atoms. The second-order valence-electron chi connectivity index (χ2n) is 5.95. The van der Waals surface area contributed by atoms with Gasteiger partial charge in [0.05, 0.1) is 6.10 Å². The zero-order valence-corrected chi connectivity index (χ0v) is 13.6. The highest BCUT2D eigenvalue weighted by Crippen LogP contribution is 2.25. The number of halogens is 1. The molecule has 21 heavy (non-hydrogen) atoms. The molecule has 1 aromatic rings. The summed E-state index contributed by atoms with van der Waals surface area (Å²) in [6.07, 6.45) is 9.72. The van der Waals surface area contributed by atoms with Crippen LogP contribution in [0.3, 0.4) is 0 Å². The maximum atomic E-state index is 10.7. The maximum Gasteiger partial charge on any atom is 0.129 e. The molecular weight excluding hydrogens is 284 g/mol. The monoisotopic (exact) mass is 308 g/mol. The van der Waals surface area contributed by atoms with Crippen LogP contribution in [0.15, 0.2) is 30.5 Å². The highest BCUT2D eigenvalue weighted by atomic mass is 35.5. The first-order valence-electron chi connectivity index (χ1n) is 7.82. The number of hydrogen-bond donors (Lipinski definition) is 2. The molecule has 2 N–H and O–H groups in total. The molecule has 0 aliphatic heterocycles. The summed E-state index contributed by atoms with van der Waals surface area (Å²) in [7, 11) is 0. The molecule has 2 rings (SSSR count). The van der Waals surface area contributed by atoms with Crippen LogP contribution in [0, 0.1) is 5.92 Å². The van der Waals surface area contributed by atoms with Gasteiger partial charge in [0.2, 0.25) is 0 Å². The minimum atomic E-state index is -0.548. The Labute approximate surface area is 132 Å². The Morgan fingerprint density at radius 3 is 2.76 bits per heavy atom. The van der Waals surface area contributed by atoms with Gasteiger partial charge in [-0.25, -0.2) is 4.98 Å². The van der Waals surface area contributed by atoms with E-state index in [-0.39, 0.29) is 6.04 Å². The summed E-state index contributed by atoms with van der Waals surface area (Å²) in [5.74, 6) is 0.602. The van der Waals surface area contributed by atoms with Crippen LogP contribution >= 0.6 is 11.6 Å². The maximum absolute atomic E-state index is 10.7. The van der Waals surface area contributed by atoms with Gasteiger partial charge in [-0.05, 0) is 31.2 Å². The third-order valence-corrected chi connectivity index (χ3v) is 4.48. The molecule has 0 radical (unpaired) electrons. The lowest BCUT2D eigenvalue weighted by Crippen LogP contribution is -2.45. The van der Waals surface area contributed by atoms with Crippen LogP contribution in [0.1, 0.15) is 51.2 Å². The van der Waals surface area contributed by atoms with Gasteiger partial charge < -0.3 is 10.4 Å². The Bertz CT molecular complexity index is 460. The number of rotatable bonds is 6. The molecule has 0 saturated carbocycles. The quantitative estimate of drug-likeness (QED) is 0.619. The van der Waals surface area contributed by atoms with Gasteiger partial charge >= 0.3 is 0 Å². The standard InChI is InChI=1S/C17H25ClN2O/c1-3-6-15(20-14-8-5-4-7-12(14)2)17(21)13-9-10-16(18)19-11-13/h4-5,9-12,14-15,17,20-21H,3,6-8H2,1-2H3/t12?,14-,15-,17-/m1/s1. The Morgan fingerprint density at radius 2 is 2.14 bits per heavy atom. The summed E-state index contributed by atoms with van der Waals surface area (Å²) in [4.78, 5) is 4.07. The van der Waals surface area contributed by atoms with Crippen molar-refractivity contribution in [2.45, 2.75) is 57.7 Å². The van der Waals surface area contributed by atoms with E-state index in [0.717, 1.165) is 31.2 Å². The summed E-state index contributed by atoms with van der Waals surface area (Å²) < 4.78 is 0. The first-order chi connectivity index (χ1) is 10.1. The van der Waals surface area contributed by atoms with Crippen molar-refractivity contribution in [1.82, 2.24) is 10.3 Å². The molecular formula is C17H25ClN2O. The first-order valence-corrected chi connectivity index (χ1v) is 8.20. The van der Waals surface area contributed by atoms with Gasteiger partial charge in [-0.3, -0.25) is 0 Å². The molecule has 0 aromatic carbocycles. The molecule has 4 atom stereocenters. The number of nitrogens with zero attached hydrogens (tertiary/aromatic N) is 1. The van der Waals surface area contributed by atoms with Crippen molar-refractivity contribution >= 4 is 11.6 Å². The third kappa shape index (κ3) is 4.53. The Balaban J connectivity index is 2.06. The number of nitrogens with one attached hydrogen (secondary N) is 1. The van der Waals surface area contributed by atoms with Gasteiger partial charge in [-0.15, -0.1) is 0 Å². The zero-order valence-electron chi connectivity index (χ0n) is 12.8. The average Bonchev–Trinajstić information content (AvgIpc) is 2.49. The van der Waals surface area contributed by atoms with Crippen molar-refractivity contribution in [3.8, 4) is 0 Å². The molecule has 0 spiro atoms. The fourth-order valence-corrected chi connectivity index (χ4v) is 3.01. The van der Waals surface area contributed by atoms with Gasteiger partial charge in [0.25, 0.3) is 0 Å². The third-order valence-electron chi connectivity index (χ3n) is 4.25. The van der Waals surface area contributed by atoms with Crippen LogP contribution in [0.5, 0.6) is 0 Å². The molecule has 116 valence electrons. The Kier molecular flexibility index (Phi) is 6.22. The van der Waals surface area contributed by atoms with E-state index in [1.165, 1.54) is 0 Å². The second-order valence-corrected chi connectivity index (χ2v) is 6.33. The lowest BCUT2D eigenvalue weighted by Gasteiger charge is -2.33. The number of aromatic nitrogens is 1. The topological polar surface area (TPSA) is 45.1 Å². The van der Waals surface area contributed by atoms with E-state index in [2.05, 4.69) is 36.3 Å². The number of allylic oxidation sites excluding steroid dienone is 1. The number of aliphatic hydroxyl groups excluding tert-OH is 1. The van der Waals surface area contributed by atoms with E-state index in [0.29, 0.717) is 17.1 Å². The molecule has 4 heteroatoms. The van der Waals surface area contributed by atoms with E-state index < -0.39 is 6.10 Å². The predicted octanol–water partition coefficient (Wildman–Crippen LogP) is 3.88. The van der Waals surface area contributed by atoms with Crippen LogP contribution in [-0.2, 0) is 0 Å². The average molecular weight is 309 g/mol. The van der Waals surface area contributed by atoms with Crippen molar-refractivity contribution in [1.29, 1.82) is 0 Å². The summed E-state index contributed by atoms with van der Waals surface area (Å²) in [5.41, 5.74) is 0.823. The normalized spacial score (nSPS) is 24.8. The van der Waals surface area contributed by atoms with Gasteiger partial charge in [-0.1, -0.05) is 50.1 Å². The fraction of sp³-hybridized carbons (Fsp3) is 0.588. The second kappa shape index (κ2) is 7.92. The molecule has 0 saturated heterocycles. The summed E-state index contributed by atoms with van der Waals surface area (Å²) in [5, 5.41) is 14.8. The van der Waals surface area contributed by atoms with E-state index in [9.17, 15) is 5.11 Å². The van der Waals surface area contributed by atoms with Gasteiger partial charge in [-0.2, -0.15) is 0 Å². The molecule has 1 aromatic heterocycles. The summed E-state index contributed by atoms with van der Waals surface area (Å²) >= 11 is 5.82. The van der Waals surface area contributed by atoms with Crippen LogP contribution < -0.4 is 5.32 Å². The van der Waals surface area contributed by atoms with E-state index in [1.54, 1.807) is 12.3 Å². The van der Waals surface area contributed by atoms with Crippen molar-refractivity contribution in [2.75, 3.05) is 0 Å².